The molecule has 26 heavy (non-hydrogen) atoms. The van der Waals surface area contributed by atoms with Crippen LogP contribution in [0.4, 0.5) is 13.2 Å². The van der Waals surface area contributed by atoms with Crippen molar-refractivity contribution in [2.24, 2.45) is 0 Å². The highest BCUT2D eigenvalue weighted by Crippen LogP contribution is 2.27. The first-order valence-corrected chi connectivity index (χ1v) is 8.06. The molecule has 0 spiro atoms. The maximum absolute atomic E-state index is 13.9. The lowest BCUT2D eigenvalue weighted by molar-refractivity contribution is -0.0528. The van der Waals surface area contributed by atoms with Gasteiger partial charge in [0.15, 0.2) is 11.6 Å². The van der Waals surface area contributed by atoms with Gasteiger partial charge in [0.25, 0.3) is 5.56 Å². The van der Waals surface area contributed by atoms with E-state index in [1.807, 2.05) is 26.8 Å². The largest absolute Gasteiger partial charge is 0.431 e. The van der Waals surface area contributed by atoms with Crippen LogP contribution in [0.2, 0.25) is 0 Å². The molecule has 1 N–H and O–H groups in total. The van der Waals surface area contributed by atoms with Gasteiger partial charge in [0, 0.05) is 28.7 Å². The molecule has 1 aromatic heterocycles. The summed E-state index contributed by atoms with van der Waals surface area (Å²) in [4.78, 5) is 12.7. The second-order valence-corrected chi connectivity index (χ2v) is 6.87. The van der Waals surface area contributed by atoms with Crippen LogP contribution >= 0.6 is 0 Å². The van der Waals surface area contributed by atoms with Crippen molar-refractivity contribution in [2.75, 3.05) is 0 Å². The number of aromatic nitrogens is 2. The Morgan fingerprint density at radius 3 is 2.62 bits per heavy atom. The Hall–Kier alpha value is -2.69. The first kappa shape index (κ1) is 19.6. The van der Waals surface area contributed by atoms with Crippen LogP contribution in [0.5, 0.6) is 5.75 Å². The first-order chi connectivity index (χ1) is 12.1. The van der Waals surface area contributed by atoms with E-state index in [1.54, 1.807) is 0 Å². The number of H-pyrrole nitrogens is 1. The Labute approximate surface area is 149 Å². The number of nitrogens with one attached hydrogen (secondary N) is 1. The number of hydrogen-bond donors (Lipinski definition) is 1. The molecule has 2 rings (SSSR count). The average Bonchev–Trinajstić information content (AvgIpc) is 2.85. The summed E-state index contributed by atoms with van der Waals surface area (Å²) in [7, 11) is 0. The van der Waals surface area contributed by atoms with Crippen LogP contribution in [0.3, 0.4) is 0 Å². The van der Waals surface area contributed by atoms with E-state index in [4.69, 9.17) is 5.26 Å². The monoisotopic (exact) mass is 367 g/mol. The minimum Gasteiger partial charge on any atom is -0.431 e. The number of aromatic amines is 1. The van der Waals surface area contributed by atoms with Crippen LogP contribution in [-0.2, 0) is 18.4 Å². The molecule has 0 aliphatic carbocycles. The van der Waals surface area contributed by atoms with Crippen molar-refractivity contribution in [3.8, 4) is 11.8 Å². The summed E-state index contributed by atoms with van der Waals surface area (Å²) in [5, 5.41) is 11.8. The van der Waals surface area contributed by atoms with E-state index in [9.17, 15) is 18.0 Å². The van der Waals surface area contributed by atoms with Gasteiger partial charge < -0.3 is 4.74 Å². The summed E-state index contributed by atoms with van der Waals surface area (Å²) < 4.78 is 44.5. The number of nitrogens with zero attached hydrogens (tertiary/aromatic N) is 2. The molecule has 0 fully saturated rings. The topological polar surface area (TPSA) is 70.8 Å². The van der Waals surface area contributed by atoms with Gasteiger partial charge in [-0.25, -0.2) is 9.07 Å². The summed E-state index contributed by atoms with van der Waals surface area (Å²) in [6, 6.07) is 5.79. The molecule has 0 bridgehead atoms. The van der Waals surface area contributed by atoms with Crippen LogP contribution in [0.15, 0.2) is 23.0 Å². The van der Waals surface area contributed by atoms with Crippen molar-refractivity contribution < 1.29 is 17.9 Å². The average molecular weight is 367 g/mol. The fourth-order valence-electron chi connectivity index (χ4n) is 2.74. The quantitative estimate of drug-likeness (QED) is 0.846. The van der Waals surface area contributed by atoms with Crippen LogP contribution < -0.4 is 10.3 Å². The van der Waals surface area contributed by atoms with Gasteiger partial charge in [-0.2, -0.15) is 14.0 Å². The molecule has 0 amide bonds. The lowest BCUT2D eigenvalue weighted by atomic mass is 9.88. The predicted octanol–water partition coefficient (Wildman–Crippen LogP) is 3.72. The second kappa shape index (κ2) is 7.68. The van der Waals surface area contributed by atoms with Gasteiger partial charge in [-0.05, 0) is 12.5 Å². The van der Waals surface area contributed by atoms with Crippen molar-refractivity contribution in [2.45, 2.75) is 52.2 Å². The summed E-state index contributed by atoms with van der Waals surface area (Å²) in [6.07, 6.45) is 0.449. The van der Waals surface area contributed by atoms with Crippen molar-refractivity contribution in [1.82, 2.24) is 9.78 Å². The highest BCUT2D eigenvalue weighted by molar-refractivity contribution is 5.35. The molecule has 1 aromatic carbocycles. The van der Waals surface area contributed by atoms with Gasteiger partial charge in [0.2, 0.25) is 0 Å². The molecular weight excluding hydrogens is 347 g/mol. The summed E-state index contributed by atoms with van der Waals surface area (Å²) in [6.45, 7) is 2.39. The minimum atomic E-state index is -3.18. The van der Waals surface area contributed by atoms with E-state index >= 15 is 0 Å². The molecule has 8 heteroatoms. The molecule has 2 aromatic rings. The van der Waals surface area contributed by atoms with Crippen molar-refractivity contribution in [3.05, 3.63) is 51.2 Å². The minimum absolute atomic E-state index is 0.112. The Bertz CT molecular complexity index is 873. The lowest BCUT2D eigenvalue weighted by Crippen LogP contribution is -2.21. The van der Waals surface area contributed by atoms with Crippen LogP contribution in [0.1, 0.15) is 44.0 Å². The normalized spacial score (nSPS) is 11.6. The number of para-hydroxylation sites is 1. The third kappa shape index (κ3) is 4.28. The molecule has 0 radical (unpaired) electrons. The number of halogens is 3. The van der Waals surface area contributed by atoms with E-state index in [2.05, 4.69) is 9.84 Å². The number of benzene rings is 1. The Balaban J connectivity index is 2.49. The number of rotatable bonds is 6. The van der Waals surface area contributed by atoms with E-state index in [-0.39, 0.29) is 35.9 Å². The van der Waals surface area contributed by atoms with Gasteiger partial charge in [-0.1, -0.05) is 32.9 Å². The SMILES string of the molecule is CC(C)(C)c1[nH]n(Cc2cccc(F)c2OC(F)F)c(=O)c1CCC#N. The molecule has 140 valence electrons. The standard InChI is InChI=1S/C18H20F3N3O2/c1-18(2,3)15-12(7-5-9-22)16(25)24(23-15)10-11-6-4-8-13(19)14(11)26-17(20)21/h4,6,8,17,23H,5,7,10H2,1-3H3. The zero-order valence-corrected chi connectivity index (χ0v) is 14.8. The van der Waals surface area contributed by atoms with Crippen molar-refractivity contribution >= 4 is 0 Å². The number of ether oxygens (including phenoxy) is 1. The van der Waals surface area contributed by atoms with E-state index in [0.717, 1.165) is 6.07 Å². The van der Waals surface area contributed by atoms with E-state index < -0.39 is 18.2 Å². The molecule has 0 saturated heterocycles. The van der Waals surface area contributed by atoms with Crippen molar-refractivity contribution in [1.29, 1.82) is 5.26 Å². The maximum Gasteiger partial charge on any atom is 0.387 e. The molecule has 0 saturated carbocycles. The highest BCUT2D eigenvalue weighted by Gasteiger charge is 2.25. The van der Waals surface area contributed by atoms with Gasteiger partial charge in [-0.3, -0.25) is 9.89 Å². The zero-order chi connectivity index (χ0) is 19.5. The third-order valence-electron chi connectivity index (χ3n) is 3.87. The summed E-state index contributed by atoms with van der Waals surface area (Å²) in [5.41, 5.74) is 0.482. The Kier molecular flexibility index (Phi) is 5.80. The second-order valence-electron chi connectivity index (χ2n) is 6.87. The molecule has 5 nitrogen and oxygen atoms in total. The van der Waals surface area contributed by atoms with Gasteiger partial charge in [0.05, 0.1) is 12.6 Å². The van der Waals surface area contributed by atoms with Crippen molar-refractivity contribution in [3.63, 3.8) is 0 Å². The molecule has 0 aliphatic rings. The van der Waals surface area contributed by atoms with Gasteiger partial charge in [0.1, 0.15) is 0 Å². The maximum atomic E-state index is 13.9. The summed E-state index contributed by atoms with van der Waals surface area (Å²) >= 11 is 0. The van der Waals surface area contributed by atoms with Gasteiger partial charge >= 0.3 is 6.61 Å². The highest BCUT2D eigenvalue weighted by atomic mass is 19.3. The third-order valence-corrected chi connectivity index (χ3v) is 3.87. The van der Waals surface area contributed by atoms with E-state index in [1.165, 1.54) is 16.8 Å². The van der Waals surface area contributed by atoms with Crippen LogP contribution in [0.25, 0.3) is 0 Å². The predicted molar refractivity (Wildman–Crippen MR) is 89.8 cm³/mol. The van der Waals surface area contributed by atoms with Crippen LogP contribution in [-0.4, -0.2) is 16.4 Å². The fourth-order valence-corrected chi connectivity index (χ4v) is 2.74. The molecular formula is C18H20F3N3O2. The smallest absolute Gasteiger partial charge is 0.387 e. The Morgan fingerprint density at radius 1 is 1.35 bits per heavy atom. The number of nitriles is 1. The first-order valence-electron chi connectivity index (χ1n) is 8.06. The molecule has 0 aliphatic heterocycles. The fraction of sp³-hybridized carbons (Fsp3) is 0.444. The number of alkyl halides is 2. The zero-order valence-electron chi connectivity index (χ0n) is 14.8. The summed E-state index contributed by atoms with van der Waals surface area (Å²) in [5.74, 6) is -1.51. The number of hydrogen-bond acceptors (Lipinski definition) is 3. The lowest BCUT2D eigenvalue weighted by Gasteiger charge is -2.18. The van der Waals surface area contributed by atoms with Crippen LogP contribution in [0, 0.1) is 17.1 Å². The molecule has 1 heterocycles. The van der Waals surface area contributed by atoms with E-state index in [0.29, 0.717) is 11.3 Å². The molecule has 0 unspecified atom stereocenters. The molecule has 0 atom stereocenters. The Morgan fingerprint density at radius 2 is 2.04 bits per heavy atom. The van der Waals surface area contributed by atoms with Gasteiger partial charge in [-0.15, -0.1) is 0 Å².